The molecule has 1 fully saturated rings. The van der Waals surface area contributed by atoms with E-state index in [4.69, 9.17) is 4.74 Å². The quantitative estimate of drug-likeness (QED) is 0.543. The zero-order valence-electron chi connectivity index (χ0n) is 16.0. The van der Waals surface area contributed by atoms with Crippen LogP contribution in [0.3, 0.4) is 0 Å². The SMILES string of the molecule is CCNC(=NCc1ccc(OC)c(O)c1)NC1CN(C(C)C)CC1C. The number of hydrogen-bond acceptors (Lipinski definition) is 4. The van der Waals surface area contributed by atoms with E-state index in [-0.39, 0.29) is 5.75 Å². The lowest BCUT2D eigenvalue weighted by molar-refractivity contribution is 0.265. The van der Waals surface area contributed by atoms with E-state index in [2.05, 4.69) is 48.2 Å². The van der Waals surface area contributed by atoms with E-state index in [1.807, 2.05) is 6.07 Å². The topological polar surface area (TPSA) is 69.1 Å². The molecule has 1 aliphatic rings. The Morgan fingerprint density at radius 2 is 2.16 bits per heavy atom. The predicted molar refractivity (Wildman–Crippen MR) is 102 cm³/mol. The van der Waals surface area contributed by atoms with Crippen LogP contribution in [0.4, 0.5) is 0 Å². The van der Waals surface area contributed by atoms with E-state index in [1.165, 1.54) is 0 Å². The minimum absolute atomic E-state index is 0.144. The molecule has 1 saturated heterocycles. The van der Waals surface area contributed by atoms with E-state index in [0.29, 0.717) is 30.3 Å². The second kappa shape index (κ2) is 8.94. The van der Waals surface area contributed by atoms with Crippen LogP contribution in [-0.2, 0) is 6.54 Å². The largest absolute Gasteiger partial charge is 0.504 e. The number of hydrogen-bond donors (Lipinski definition) is 3. The molecular weight excluding hydrogens is 316 g/mol. The van der Waals surface area contributed by atoms with Gasteiger partial charge in [-0.3, -0.25) is 4.90 Å². The fourth-order valence-corrected chi connectivity index (χ4v) is 3.11. The molecule has 6 nitrogen and oxygen atoms in total. The Balaban J connectivity index is 2.02. The first kappa shape index (κ1) is 19.4. The Bertz CT molecular complexity index is 589. The van der Waals surface area contributed by atoms with Gasteiger partial charge in [-0.25, -0.2) is 4.99 Å². The first-order chi connectivity index (χ1) is 11.9. The first-order valence-electron chi connectivity index (χ1n) is 9.09. The molecule has 1 aliphatic heterocycles. The third-order valence-electron chi connectivity index (χ3n) is 4.70. The van der Waals surface area contributed by atoms with Crippen LogP contribution in [0.5, 0.6) is 11.5 Å². The van der Waals surface area contributed by atoms with Gasteiger partial charge in [0.2, 0.25) is 0 Å². The van der Waals surface area contributed by atoms with Crippen molar-refractivity contribution in [3.8, 4) is 11.5 Å². The highest BCUT2D eigenvalue weighted by Gasteiger charge is 2.31. The van der Waals surface area contributed by atoms with Gasteiger partial charge >= 0.3 is 0 Å². The number of phenolic OH excluding ortho intramolecular Hbond substituents is 1. The molecule has 1 heterocycles. The molecule has 3 N–H and O–H groups in total. The number of likely N-dealkylation sites (tertiary alicyclic amines) is 1. The van der Waals surface area contributed by atoms with Crippen LogP contribution < -0.4 is 15.4 Å². The summed E-state index contributed by atoms with van der Waals surface area (Å²) in [6.45, 7) is 12.3. The van der Waals surface area contributed by atoms with E-state index in [1.54, 1.807) is 19.2 Å². The van der Waals surface area contributed by atoms with Crippen molar-refractivity contribution in [1.82, 2.24) is 15.5 Å². The number of methoxy groups -OCH3 is 1. The highest BCUT2D eigenvalue weighted by atomic mass is 16.5. The number of phenols is 1. The minimum Gasteiger partial charge on any atom is -0.504 e. The molecule has 0 radical (unpaired) electrons. The summed E-state index contributed by atoms with van der Waals surface area (Å²) in [5.74, 6) is 2.02. The van der Waals surface area contributed by atoms with Crippen LogP contribution in [0.15, 0.2) is 23.2 Å². The van der Waals surface area contributed by atoms with Gasteiger partial charge in [-0.2, -0.15) is 0 Å². The molecular formula is C19H32N4O2. The second-order valence-electron chi connectivity index (χ2n) is 6.98. The number of benzene rings is 1. The van der Waals surface area contributed by atoms with Crippen molar-refractivity contribution in [3.05, 3.63) is 23.8 Å². The van der Waals surface area contributed by atoms with Crippen molar-refractivity contribution in [3.63, 3.8) is 0 Å². The monoisotopic (exact) mass is 348 g/mol. The van der Waals surface area contributed by atoms with Crippen LogP contribution in [0.1, 0.15) is 33.3 Å². The van der Waals surface area contributed by atoms with Gasteiger partial charge in [-0.05, 0) is 44.4 Å². The molecule has 140 valence electrons. The van der Waals surface area contributed by atoms with Gasteiger partial charge in [0, 0.05) is 31.7 Å². The van der Waals surface area contributed by atoms with E-state index in [0.717, 1.165) is 31.2 Å². The third-order valence-corrected chi connectivity index (χ3v) is 4.70. The summed E-state index contributed by atoms with van der Waals surface area (Å²) in [4.78, 5) is 7.17. The second-order valence-corrected chi connectivity index (χ2v) is 6.98. The van der Waals surface area contributed by atoms with Crippen LogP contribution >= 0.6 is 0 Å². The summed E-state index contributed by atoms with van der Waals surface area (Å²) >= 11 is 0. The molecule has 0 bridgehead atoms. The summed E-state index contributed by atoms with van der Waals surface area (Å²) in [7, 11) is 1.54. The number of ether oxygens (including phenoxy) is 1. The fraction of sp³-hybridized carbons (Fsp3) is 0.632. The van der Waals surface area contributed by atoms with Crippen molar-refractivity contribution in [2.75, 3.05) is 26.7 Å². The number of nitrogens with zero attached hydrogens (tertiary/aromatic N) is 2. The van der Waals surface area contributed by atoms with Crippen LogP contribution in [0.25, 0.3) is 0 Å². The molecule has 0 saturated carbocycles. The lowest BCUT2D eigenvalue weighted by Gasteiger charge is -2.22. The molecule has 6 heteroatoms. The standard InChI is InChI=1S/C19H32N4O2/c1-6-20-19(22-16-12-23(13(2)3)11-14(16)4)21-10-15-7-8-18(25-5)17(24)9-15/h7-9,13-14,16,24H,6,10-12H2,1-5H3,(H2,20,21,22). The van der Waals surface area contributed by atoms with Crippen molar-refractivity contribution in [2.24, 2.45) is 10.9 Å². The maximum atomic E-state index is 9.90. The number of rotatable bonds is 6. The Morgan fingerprint density at radius 1 is 1.40 bits per heavy atom. The van der Waals surface area contributed by atoms with Crippen LogP contribution in [0.2, 0.25) is 0 Å². The molecule has 0 spiro atoms. The summed E-state index contributed by atoms with van der Waals surface area (Å²) < 4.78 is 5.08. The predicted octanol–water partition coefficient (Wildman–Crippen LogP) is 2.18. The summed E-state index contributed by atoms with van der Waals surface area (Å²) in [5, 5.41) is 16.8. The molecule has 2 rings (SSSR count). The average molecular weight is 348 g/mol. The van der Waals surface area contributed by atoms with Gasteiger partial charge in [-0.1, -0.05) is 13.0 Å². The third kappa shape index (κ3) is 5.26. The van der Waals surface area contributed by atoms with Crippen LogP contribution in [0, 0.1) is 5.92 Å². The zero-order valence-corrected chi connectivity index (χ0v) is 16.0. The Labute approximate surface area is 151 Å². The molecule has 1 aromatic rings. The summed E-state index contributed by atoms with van der Waals surface area (Å²) in [5.41, 5.74) is 0.943. The van der Waals surface area contributed by atoms with Gasteiger partial charge in [0.05, 0.1) is 13.7 Å². The van der Waals surface area contributed by atoms with Crippen molar-refractivity contribution in [1.29, 1.82) is 0 Å². The smallest absolute Gasteiger partial charge is 0.191 e. The molecule has 0 amide bonds. The average Bonchev–Trinajstić information content (AvgIpc) is 2.94. The molecule has 0 aliphatic carbocycles. The van der Waals surface area contributed by atoms with Gasteiger partial charge in [0.25, 0.3) is 0 Å². The summed E-state index contributed by atoms with van der Waals surface area (Å²) in [6.07, 6.45) is 0. The van der Waals surface area contributed by atoms with Crippen molar-refractivity contribution < 1.29 is 9.84 Å². The molecule has 2 atom stereocenters. The lowest BCUT2D eigenvalue weighted by Crippen LogP contribution is -2.46. The molecule has 25 heavy (non-hydrogen) atoms. The highest BCUT2D eigenvalue weighted by molar-refractivity contribution is 5.80. The van der Waals surface area contributed by atoms with E-state index < -0.39 is 0 Å². The zero-order chi connectivity index (χ0) is 18.4. The maximum absolute atomic E-state index is 9.90. The Morgan fingerprint density at radius 3 is 2.72 bits per heavy atom. The van der Waals surface area contributed by atoms with Gasteiger partial charge in [0.15, 0.2) is 17.5 Å². The van der Waals surface area contributed by atoms with E-state index >= 15 is 0 Å². The Kier molecular flexibility index (Phi) is 6.93. The van der Waals surface area contributed by atoms with E-state index in [9.17, 15) is 5.11 Å². The minimum atomic E-state index is 0.144. The fourth-order valence-electron chi connectivity index (χ4n) is 3.11. The molecule has 2 unspecified atom stereocenters. The number of aliphatic imine (C=N–C) groups is 1. The normalized spacial score (nSPS) is 21.6. The maximum Gasteiger partial charge on any atom is 0.191 e. The lowest BCUT2D eigenvalue weighted by atomic mass is 10.1. The van der Waals surface area contributed by atoms with Gasteiger partial charge in [0.1, 0.15) is 0 Å². The summed E-state index contributed by atoms with van der Waals surface area (Å²) in [6, 6.07) is 6.34. The Hall–Kier alpha value is -1.95. The van der Waals surface area contributed by atoms with Gasteiger partial charge in [-0.15, -0.1) is 0 Å². The number of nitrogens with one attached hydrogen (secondary N) is 2. The van der Waals surface area contributed by atoms with Crippen molar-refractivity contribution >= 4 is 5.96 Å². The molecule has 0 aromatic heterocycles. The molecule has 1 aromatic carbocycles. The first-order valence-corrected chi connectivity index (χ1v) is 9.09. The van der Waals surface area contributed by atoms with Crippen LogP contribution in [-0.4, -0.2) is 54.8 Å². The number of guanidine groups is 1. The van der Waals surface area contributed by atoms with Crippen molar-refractivity contribution in [2.45, 2.75) is 46.3 Å². The number of aromatic hydroxyl groups is 1. The van der Waals surface area contributed by atoms with Gasteiger partial charge < -0.3 is 20.5 Å². The highest BCUT2D eigenvalue weighted by Crippen LogP contribution is 2.26.